The van der Waals surface area contributed by atoms with Crippen molar-refractivity contribution in [1.29, 1.82) is 0 Å². The number of aromatic hydroxyl groups is 1. The van der Waals surface area contributed by atoms with Crippen LogP contribution in [-0.4, -0.2) is 27.3 Å². The van der Waals surface area contributed by atoms with Crippen LogP contribution >= 0.6 is 27.5 Å². The van der Waals surface area contributed by atoms with E-state index in [2.05, 4.69) is 15.9 Å². The molecule has 0 aliphatic heterocycles. The largest absolute Gasteiger partial charge is 0.507 e. The molecule has 3 N–H and O–H groups in total. The van der Waals surface area contributed by atoms with E-state index in [4.69, 9.17) is 11.6 Å². The maximum absolute atomic E-state index is 9.72. The Morgan fingerprint density at radius 1 is 1.33 bits per heavy atom. The lowest BCUT2D eigenvalue weighted by Crippen LogP contribution is -2.18. The average molecular weight is 296 g/mol. The molecule has 0 heterocycles. The molecule has 0 amide bonds. The molecule has 0 aromatic heterocycles. The van der Waals surface area contributed by atoms with E-state index in [9.17, 15) is 15.3 Å². The van der Waals surface area contributed by atoms with Crippen molar-refractivity contribution in [3.63, 3.8) is 0 Å². The summed E-state index contributed by atoms with van der Waals surface area (Å²) in [6, 6.07) is 4.58. The van der Waals surface area contributed by atoms with Gasteiger partial charge in [-0.2, -0.15) is 0 Å². The summed E-state index contributed by atoms with van der Waals surface area (Å²) in [5, 5.41) is 28.5. The van der Waals surface area contributed by atoms with Gasteiger partial charge in [-0.25, -0.2) is 0 Å². The number of aliphatic hydroxyl groups excluding tert-OH is 2. The Labute approximate surface area is 101 Å². The lowest BCUT2D eigenvalue weighted by molar-refractivity contribution is 0.0169. The van der Waals surface area contributed by atoms with Crippen LogP contribution in [0.15, 0.2) is 22.7 Å². The highest BCUT2D eigenvalue weighted by Crippen LogP contribution is 2.28. The number of hydrogen-bond acceptors (Lipinski definition) is 3. The molecule has 0 aliphatic carbocycles. The second-order valence-electron chi connectivity index (χ2n) is 3.20. The summed E-state index contributed by atoms with van der Waals surface area (Å²) in [5.74, 6) is 0.384. The lowest BCUT2D eigenvalue weighted by Gasteiger charge is -2.17. The van der Waals surface area contributed by atoms with E-state index >= 15 is 0 Å². The average Bonchev–Trinajstić information content (AvgIpc) is 2.21. The van der Waals surface area contributed by atoms with Gasteiger partial charge in [-0.1, -0.05) is 6.07 Å². The Balaban J connectivity index is 2.81. The van der Waals surface area contributed by atoms with E-state index < -0.39 is 12.2 Å². The van der Waals surface area contributed by atoms with Gasteiger partial charge < -0.3 is 15.3 Å². The van der Waals surface area contributed by atoms with Gasteiger partial charge in [0, 0.05) is 5.88 Å². The fourth-order valence-corrected chi connectivity index (χ4v) is 1.82. The Hall–Kier alpha value is -0.290. The van der Waals surface area contributed by atoms with Crippen LogP contribution in [-0.2, 0) is 0 Å². The summed E-state index contributed by atoms with van der Waals surface area (Å²) in [4.78, 5) is 0. The molecule has 0 spiro atoms. The van der Waals surface area contributed by atoms with E-state index in [0.29, 0.717) is 16.5 Å². The predicted molar refractivity (Wildman–Crippen MR) is 62.1 cm³/mol. The monoisotopic (exact) mass is 294 g/mol. The number of benzene rings is 1. The van der Waals surface area contributed by atoms with Crippen molar-refractivity contribution in [3.05, 3.63) is 28.2 Å². The van der Waals surface area contributed by atoms with Crippen molar-refractivity contribution in [3.8, 4) is 5.75 Å². The molecule has 0 radical (unpaired) electrons. The molecule has 3 nitrogen and oxygen atoms in total. The van der Waals surface area contributed by atoms with Gasteiger partial charge in [0.15, 0.2) is 0 Å². The highest BCUT2D eigenvalue weighted by Gasteiger charge is 2.18. The first-order valence-electron chi connectivity index (χ1n) is 4.46. The Kier molecular flexibility index (Phi) is 4.86. The van der Waals surface area contributed by atoms with Crippen molar-refractivity contribution < 1.29 is 15.3 Å². The van der Waals surface area contributed by atoms with Crippen molar-refractivity contribution in [2.75, 3.05) is 5.88 Å². The molecule has 2 unspecified atom stereocenters. The van der Waals surface area contributed by atoms with Gasteiger partial charge in [0.05, 0.1) is 10.6 Å². The van der Waals surface area contributed by atoms with E-state index in [1.807, 2.05) is 0 Å². The standard InChI is InChI=1S/C10H12BrClO3/c11-7-5-6(1-2-8(7)13)10(15)9(14)3-4-12/h1-2,5,9-10,13-15H,3-4H2. The van der Waals surface area contributed by atoms with Crippen LogP contribution in [0.3, 0.4) is 0 Å². The fraction of sp³-hybridized carbons (Fsp3) is 0.400. The fourth-order valence-electron chi connectivity index (χ4n) is 1.20. The third-order valence-corrected chi connectivity index (χ3v) is 2.94. The van der Waals surface area contributed by atoms with Crippen molar-refractivity contribution in [2.45, 2.75) is 18.6 Å². The second kappa shape index (κ2) is 5.70. The number of halogens is 2. The number of phenols is 1. The minimum Gasteiger partial charge on any atom is -0.507 e. The topological polar surface area (TPSA) is 60.7 Å². The number of alkyl halides is 1. The highest BCUT2D eigenvalue weighted by molar-refractivity contribution is 9.10. The summed E-state index contributed by atoms with van der Waals surface area (Å²) < 4.78 is 0.483. The minimum atomic E-state index is -0.986. The predicted octanol–water partition coefficient (Wildman–Crippen LogP) is 2.18. The van der Waals surface area contributed by atoms with Crippen LogP contribution in [0.5, 0.6) is 5.75 Å². The zero-order chi connectivity index (χ0) is 11.4. The van der Waals surface area contributed by atoms with Gasteiger partial charge in [-0.15, -0.1) is 11.6 Å². The normalized spacial score (nSPS) is 14.9. The van der Waals surface area contributed by atoms with Gasteiger partial charge in [0.2, 0.25) is 0 Å². The van der Waals surface area contributed by atoms with Crippen molar-refractivity contribution >= 4 is 27.5 Å². The van der Waals surface area contributed by atoms with Crippen LogP contribution in [0.25, 0.3) is 0 Å². The third kappa shape index (κ3) is 3.34. The first-order chi connectivity index (χ1) is 7.06. The number of phenolic OH excluding ortho intramolecular Hbond substituents is 1. The zero-order valence-electron chi connectivity index (χ0n) is 7.90. The maximum Gasteiger partial charge on any atom is 0.129 e. The number of hydrogen-bond donors (Lipinski definition) is 3. The Morgan fingerprint density at radius 2 is 2.00 bits per heavy atom. The van der Waals surface area contributed by atoms with E-state index in [0.717, 1.165) is 0 Å². The van der Waals surface area contributed by atoms with Crippen LogP contribution in [0.4, 0.5) is 0 Å². The van der Waals surface area contributed by atoms with E-state index in [1.165, 1.54) is 6.07 Å². The lowest BCUT2D eigenvalue weighted by atomic mass is 10.0. The first kappa shape index (κ1) is 12.8. The number of rotatable bonds is 4. The summed E-state index contributed by atoms with van der Waals surface area (Å²) in [6.07, 6.45) is -1.55. The quantitative estimate of drug-likeness (QED) is 0.746. The van der Waals surface area contributed by atoms with Gasteiger partial charge in [0.1, 0.15) is 11.9 Å². The molecular formula is C10H12BrClO3. The Morgan fingerprint density at radius 3 is 2.53 bits per heavy atom. The van der Waals surface area contributed by atoms with Crippen LogP contribution in [0.1, 0.15) is 18.1 Å². The first-order valence-corrected chi connectivity index (χ1v) is 5.79. The summed E-state index contributed by atoms with van der Waals surface area (Å²) in [6.45, 7) is 0. The molecule has 15 heavy (non-hydrogen) atoms. The molecule has 0 fully saturated rings. The molecule has 2 atom stereocenters. The van der Waals surface area contributed by atoms with Crippen LogP contribution < -0.4 is 0 Å². The number of aliphatic hydroxyl groups is 2. The minimum absolute atomic E-state index is 0.0952. The molecule has 0 saturated heterocycles. The second-order valence-corrected chi connectivity index (χ2v) is 4.43. The molecule has 0 saturated carbocycles. The summed E-state index contributed by atoms with van der Waals surface area (Å²) in [7, 11) is 0. The van der Waals surface area contributed by atoms with Crippen molar-refractivity contribution in [2.24, 2.45) is 0 Å². The zero-order valence-corrected chi connectivity index (χ0v) is 10.2. The molecule has 1 rings (SSSR count). The third-order valence-electron chi connectivity index (χ3n) is 2.08. The maximum atomic E-state index is 9.72. The van der Waals surface area contributed by atoms with Crippen molar-refractivity contribution in [1.82, 2.24) is 0 Å². The molecule has 0 bridgehead atoms. The summed E-state index contributed by atoms with van der Waals surface area (Å²) >= 11 is 8.60. The smallest absolute Gasteiger partial charge is 0.129 e. The Bertz CT molecular complexity index is 332. The molecule has 5 heteroatoms. The van der Waals surface area contributed by atoms with Crippen LogP contribution in [0.2, 0.25) is 0 Å². The molecule has 84 valence electrons. The molecule has 1 aromatic carbocycles. The van der Waals surface area contributed by atoms with E-state index in [-0.39, 0.29) is 11.6 Å². The SMILES string of the molecule is Oc1ccc(C(O)C(O)CCCl)cc1Br. The molecule has 1 aromatic rings. The van der Waals surface area contributed by atoms with E-state index in [1.54, 1.807) is 12.1 Å². The van der Waals surface area contributed by atoms with Gasteiger partial charge >= 0.3 is 0 Å². The summed E-state index contributed by atoms with van der Waals surface area (Å²) in [5.41, 5.74) is 0.539. The van der Waals surface area contributed by atoms with Gasteiger partial charge in [-0.3, -0.25) is 0 Å². The molecule has 0 aliphatic rings. The highest BCUT2D eigenvalue weighted by atomic mass is 79.9. The van der Waals surface area contributed by atoms with Gasteiger partial charge in [0.25, 0.3) is 0 Å². The molecular weight excluding hydrogens is 283 g/mol. The van der Waals surface area contributed by atoms with Crippen LogP contribution in [0, 0.1) is 0 Å². The van der Waals surface area contributed by atoms with Gasteiger partial charge in [-0.05, 0) is 40.0 Å².